The number of anilines is 1. The number of fused-ring (bicyclic) bond motifs is 1. The van der Waals surface area contributed by atoms with E-state index in [1.807, 2.05) is 0 Å². The van der Waals surface area contributed by atoms with Crippen LogP contribution < -0.4 is 4.90 Å². The van der Waals surface area contributed by atoms with Gasteiger partial charge in [0.05, 0.1) is 11.3 Å². The summed E-state index contributed by atoms with van der Waals surface area (Å²) < 4.78 is 0. The lowest BCUT2D eigenvalue weighted by molar-refractivity contribution is -0.114. The van der Waals surface area contributed by atoms with Gasteiger partial charge in [0, 0.05) is 11.9 Å². The summed E-state index contributed by atoms with van der Waals surface area (Å²) in [6.45, 7) is 0.370. The first-order valence-electron chi connectivity index (χ1n) is 4.41. The first kappa shape index (κ1) is 10.2. The maximum atomic E-state index is 11.5. The molecule has 5 heteroatoms. The predicted molar refractivity (Wildman–Crippen MR) is 58.6 cm³/mol. The number of amides is 1. The van der Waals surface area contributed by atoms with Gasteiger partial charge in [-0.05, 0) is 12.1 Å². The largest absolute Gasteiger partial charge is 0.506 e. The number of nitrogens with zero attached hydrogens (tertiary/aromatic N) is 1. The van der Waals surface area contributed by atoms with Gasteiger partial charge >= 0.3 is 0 Å². The van der Waals surface area contributed by atoms with Crippen LogP contribution in [0.25, 0.3) is 0 Å². The second-order valence-electron chi connectivity index (χ2n) is 3.15. The van der Waals surface area contributed by atoms with Crippen LogP contribution in [0.3, 0.4) is 0 Å². The summed E-state index contributed by atoms with van der Waals surface area (Å²) in [6, 6.07) is 4.56. The van der Waals surface area contributed by atoms with Crippen molar-refractivity contribution in [2.45, 2.75) is 0 Å². The monoisotopic (exact) mass is 269 g/mol. The summed E-state index contributed by atoms with van der Waals surface area (Å²) in [5.41, 5.74) is 0.605. The van der Waals surface area contributed by atoms with Gasteiger partial charge in [-0.1, -0.05) is 22.0 Å². The van der Waals surface area contributed by atoms with E-state index in [0.29, 0.717) is 17.6 Å². The number of para-hydroxylation sites is 1. The smallest absolute Gasteiger partial charge is 0.299 e. The number of benzene rings is 1. The number of aromatic hydroxyl groups is 1. The van der Waals surface area contributed by atoms with Gasteiger partial charge in [-0.2, -0.15) is 0 Å². The molecule has 0 unspecified atom stereocenters. The molecule has 0 atom stereocenters. The molecule has 0 radical (unpaired) electrons. The van der Waals surface area contributed by atoms with Crippen molar-refractivity contribution in [3.63, 3.8) is 0 Å². The van der Waals surface area contributed by atoms with E-state index in [2.05, 4.69) is 15.9 Å². The van der Waals surface area contributed by atoms with Crippen LogP contribution >= 0.6 is 15.9 Å². The zero-order chi connectivity index (χ0) is 11.0. The molecule has 0 aliphatic carbocycles. The number of hydrogen-bond donors (Lipinski definition) is 1. The summed E-state index contributed by atoms with van der Waals surface area (Å²) >= 11 is 3.20. The Morgan fingerprint density at radius 3 is 2.73 bits per heavy atom. The van der Waals surface area contributed by atoms with Gasteiger partial charge in [-0.3, -0.25) is 9.59 Å². The molecule has 0 fully saturated rings. The van der Waals surface area contributed by atoms with E-state index in [1.165, 1.54) is 11.0 Å². The van der Waals surface area contributed by atoms with Crippen LogP contribution in [-0.4, -0.2) is 28.7 Å². The van der Waals surface area contributed by atoms with Crippen molar-refractivity contribution < 1.29 is 14.7 Å². The van der Waals surface area contributed by atoms with Crippen LogP contribution in [-0.2, 0) is 4.79 Å². The summed E-state index contributed by atoms with van der Waals surface area (Å²) in [4.78, 5) is 24.4. The second kappa shape index (κ2) is 3.66. The van der Waals surface area contributed by atoms with Crippen LogP contribution in [0.2, 0.25) is 0 Å². The van der Waals surface area contributed by atoms with Gasteiger partial charge in [0.2, 0.25) is 0 Å². The molecule has 1 heterocycles. The molecule has 1 aromatic rings. The normalized spacial score (nSPS) is 14.6. The SMILES string of the molecule is O=C1C(=O)N(CCBr)c2c(O)cccc21. The zero-order valence-corrected chi connectivity index (χ0v) is 9.32. The molecule has 1 N–H and O–H groups in total. The minimum Gasteiger partial charge on any atom is -0.506 e. The van der Waals surface area contributed by atoms with E-state index in [9.17, 15) is 14.7 Å². The molecule has 4 nitrogen and oxygen atoms in total. The fourth-order valence-corrected chi connectivity index (χ4v) is 1.99. The van der Waals surface area contributed by atoms with E-state index in [1.54, 1.807) is 12.1 Å². The summed E-state index contributed by atoms with van der Waals surface area (Å²) in [7, 11) is 0. The number of hydrogen-bond acceptors (Lipinski definition) is 3. The zero-order valence-electron chi connectivity index (χ0n) is 7.74. The maximum absolute atomic E-state index is 11.5. The molecule has 1 aliphatic heterocycles. The average Bonchev–Trinajstić information content (AvgIpc) is 2.46. The van der Waals surface area contributed by atoms with Crippen molar-refractivity contribution in [2.75, 3.05) is 16.8 Å². The van der Waals surface area contributed by atoms with E-state index in [0.717, 1.165) is 0 Å². The lowest BCUT2D eigenvalue weighted by atomic mass is 10.1. The van der Waals surface area contributed by atoms with Gasteiger partial charge in [-0.25, -0.2) is 0 Å². The fraction of sp³-hybridized carbons (Fsp3) is 0.200. The minimum atomic E-state index is -0.578. The first-order valence-corrected chi connectivity index (χ1v) is 5.53. The number of Topliss-reactive ketones (excluding diaryl/α,β-unsaturated/α-hetero) is 1. The third-order valence-electron chi connectivity index (χ3n) is 2.28. The Labute approximate surface area is 94.6 Å². The Morgan fingerprint density at radius 1 is 1.33 bits per heavy atom. The van der Waals surface area contributed by atoms with Gasteiger partial charge in [0.15, 0.2) is 0 Å². The highest BCUT2D eigenvalue weighted by Gasteiger charge is 2.37. The fourth-order valence-electron chi connectivity index (χ4n) is 1.64. The van der Waals surface area contributed by atoms with Gasteiger partial charge in [0.1, 0.15) is 5.75 Å². The van der Waals surface area contributed by atoms with E-state index in [-0.39, 0.29) is 11.3 Å². The third kappa shape index (κ3) is 1.43. The Balaban J connectivity index is 2.56. The molecule has 1 aliphatic rings. The topological polar surface area (TPSA) is 57.6 Å². The lowest BCUT2D eigenvalue weighted by Crippen LogP contribution is -2.31. The molecular weight excluding hydrogens is 262 g/mol. The Kier molecular flexibility index (Phi) is 2.48. The van der Waals surface area contributed by atoms with Crippen LogP contribution in [0.4, 0.5) is 5.69 Å². The van der Waals surface area contributed by atoms with Crippen molar-refractivity contribution in [2.24, 2.45) is 0 Å². The highest BCUT2D eigenvalue weighted by Crippen LogP contribution is 2.36. The highest BCUT2D eigenvalue weighted by molar-refractivity contribution is 9.09. The third-order valence-corrected chi connectivity index (χ3v) is 2.63. The molecule has 0 saturated carbocycles. The van der Waals surface area contributed by atoms with Crippen molar-refractivity contribution in [1.82, 2.24) is 0 Å². The number of phenols is 1. The molecule has 0 aromatic heterocycles. The van der Waals surface area contributed by atoms with Crippen molar-refractivity contribution in [1.29, 1.82) is 0 Å². The van der Waals surface area contributed by atoms with Gasteiger partial charge < -0.3 is 10.0 Å². The number of carbonyl (C=O) groups is 2. The van der Waals surface area contributed by atoms with Crippen LogP contribution in [0.15, 0.2) is 18.2 Å². The van der Waals surface area contributed by atoms with Crippen molar-refractivity contribution >= 4 is 33.3 Å². The van der Waals surface area contributed by atoms with Crippen LogP contribution in [0, 0.1) is 0 Å². The van der Waals surface area contributed by atoms with Crippen molar-refractivity contribution in [3.8, 4) is 5.75 Å². The molecule has 15 heavy (non-hydrogen) atoms. The highest BCUT2D eigenvalue weighted by atomic mass is 79.9. The second-order valence-corrected chi connectivity index (χ2v) is 3.94. The van der Waals surface area contributed by atoms with E-state index in [4.69, 9.17) is 0 Å². The molecular formula is C10H8BrNO3. The Bertz CT molecular complexity index is 444. The quantitative estimate of drug-likeness (QED) is 0.651. The standard InChI is InChI=1S/C10H8BrNO3/c11-4-5-12-8-6(9(14)10(12)15)2-1-3-7(8)13/h1-3,13H,4-5H2. The summed E-state index contributed by atoms with van der Waals surface area (Å²) in [5, 5.41) is 10.2. The molecule has 0 saturated heterocycles. The van der Waals surface area contributed by atoms with Crippen LogP contribution in [0.5, 0.6) is 5.75 Å². The van der Waals surface area contributed by atoms with Crippen molar-refractivity contribution in [3.05, 3.63) is 23.8 Å². The number of rotatable bonds is 2. The Morgan fingerprint density at radius 2 is 2.07 bits per heavy atom. The average molecular weight is 270 g/mol. The lowest BCUT2D eigenvalue weighted by Gasteiger charge is -2.15. The number of carbonyl (C=O) groups excluding carboxylic acids is 2. The number of alkyl halides is 1. The first-order chi connectivity index (χ1) is 7.16. The van der Waals surface area contributed by atoms with Gasteiger partial charge in [-0.15, -0.1) is 0 Å². The number of ketones is 1. The Hall–Kier alpha value is -1.36. The number of phenolic OH excluding ortho intramolecular Hbond substituents is 1. The molecule has 1 aromatic carbocycles. The number of halogens is 1. The molecule has 1 amide bonds. The summed E-state index contributed by atoms with van der Waals surface area (Å²) in [5.74, 6) is -1.17. The van der Waals surface area contributed by atoms with E-state index < -0.39 is 11.7 Å². The summed E-state index contributed by atoms with van der Waals surface area (Å²) in [6.07, 6.45) is 0. The predicted octanol–water partition coefficient (Wildman–Crippen LogP) is 1.32. The minimum absolute atomic E-state index is 0.0346. The van der Waals surface area contributed by atoms with Crippen LogP contribution in [0.1, 0.15) is 10.4 Å². The molecule has 0 spiro atoms. The molecule has 78 valence electrons. The maximum Gasteiger partial charge on any atom is 0.299 e. The van der Waals surface area contributed by atoms with E-state index >= 15 is 0 Å². The molecule has 0 bridgehead atoms. The molecule has 2 rings (SSSR count). The van der Waals surface area contributed by atoms with Gasteiger partial charge in [0.25, 0.3) is 11.7 Å².